The van der Waals surface area contributed by atoms with Gasteiger partial charge in [0.1, 0.15) is 6.61 Å². The third-order valence-corrected chi connectivity index (χ3v) is 3.01. The van der Waals surface area contributed by atoms with Crippen LogP contribution in [0.15, 0.2) is 0 Å². The molecule has 8 heteroatoms. The van der Waals surface area contributed by atoms with Crippen LogP contribution in [-0.4, -0.2) is 60.1 Å². The van der Waals surface area contributed by atoms with Crippen molar-refractivity contribution in [1.82, 2.24) is 0 Å². The minimum Gasteiger partial charge on any atom is -0.464 e. The van der Waals surface area contributed by atoms with Gasteiger partial charge in [0.05, 0.1) is 19.3 Å². The lowest BCUT2D eigenvalue weighted by molar-refractivity contribution is -0.176. The molecule has 0 aliphatic carbocycles. The maximum atomic E-state index is 11.8. The second kappa shape index (κ2) is 12.7. The predicted molar refractivity (Wildman–Crippen MR) is 104 cm³/mol. The summed E-state index contributed by atoms with van der Waals surface area (Å²) >= 11 is 0. The van der Waals surface area contributed by atoms with E-state index in [9.17, 15) is 14.4 Å². The minimum absolute atomic E-state index is 0.249. The van der Waals surface area contributed by atoms with Crippen molar-refractivity contribution in [3.05, 3.63) is 0 Å². The summed E-state index contributed by atoms with van der Waals surface area (Å²) in [5, 5.41) is 18.2. The van der Waals surface area contributed by atoms with E-state index < -0.39 is 35.3 Å². The third-order valence-electron chi connectivity index (χ3n) is 3.01. The summed E-state index contributed by atoms with van der Waals surface area (Å²) in [6.45, 7) is 15.2. The van der Waals surface area contributed by atoms with Crippen LogP contribution < -0.4 is 0 Å². The molecule has 0 aromatic rings. The number of ether oxygens (including phenoxy) is 3. The lowest BCUT2D eigenvalue weighted by atomic mass is 9.94. The first kappa shape index (κ1) is 28.5. The molecule has 2 unspecified atom stereocenters. The van der Waals surface area contributed by atoms with Gasteiger partial charge in [0.25, 0.3) is 0 Å². The van der Waals surface area contributed by atoms with E-state index in [0.717, 1.165) is 0 Å². The first-order chi connectivity index (χ1) is 12.6. The number of hydrogen-bond acceptors (Lipinski definition) is 8. The van der Waals surface area contributed by atoms with Gasteiger partial charge in [-0.1, -0.05) is 34.6 Å². The van der Waals surface area contributed by atoms with Gasteiger partial charge in [-0.2, -0.15) is 0 Å². The Labute approximate surface area is 168 Å². The molecule has 0 bridgehead atoms. The first-order valence-electron chi connectivity index (χ1n) is 9.35. The number of esters is 3. The fourth-order valence-corrected chi connectivity index (χ4v) is 1.26. The number of aliphatic hydroxyl groups is 2. The van der Waals surface area contributed by atoms with Gasteiger partial charge in [0.15, 0.2) is 12.0 Å². The lowest BCUT2D eigenvalue weighted by Gasteiger charge is -2.24. The number of carbonyl (C=O) groups excluding carboxylic acids is 3. The molecule has 0 radical (unpaired) electrons. The van der Waals surface area contributed by atoms with Crippen LogP contribution in [0, 0.1) is 16.7 Å². The highest BCUT2D eigenvalue weighted by atomic mass is 16.6. The van der Waals surface area contributed by atoms with Gasteiger partial charge in [0.2, 0.25) is 0 Å². The molecule has 2 atom stereocenters. The molecular weight excluding hydrogens is 368 g/mol. The van der Waals surface area contributed by atoms with Crippen molar-refractivity contribution in [1.29, 1.82) is 0 Å². The van der Waals surface area contributed by atoms with Gasteiger partial charge in [-0.05, 0) is 33.1 Å². The number of hydrogen-bond donors (Lipinski definition) is 2. The van der Waals surface area contributed by atoms with Gasteiger partial charge in [0, 0.05) is 5.41 Å². The summed E-state index contributed by atoms with van der Waals surface area (Å²) in [5.41, 5.74) is -0.492. The van der Waals surface area contributed by atoms with Gasteiger partial charge in [-0.15, -0.1) is 0 Å². The van der Waals surface area contributed by atoms with Crippen molar-refractivity contribution in [2.75, 3.05) is 19.8 Å². The maximum absolute atomic E-state index is 11.8. The topological polar surface area (TPSA) is 119 Å². The molecule has 0 saturated heterocycles. The fraction of sp³-hybridized carbons (Fsp3) is 0.850. The summed E-state index contributed by atoms with van der Waals surface area (Å²) in [6.07, 6.45) is -1.49. The Hall–Kier alpha value is -1.67. The highest BCUT2D eigenvalue weighted by molar-refractivity contribution is 5.95. The van der Waals surface area contributed by atoms with Crippen LogP contribution in [-0.2, 0) is 28.6 Å². The second-order valence-electron chi connectivity index (χ2n) is 9.02. The van der Waals surface area contributed by atoms with Crippen molar-refractivity contribution < 1.29 is 38.8 Å². The smallest absolute Gasteiger partial charge is 0.347 e. The van der Waals surface area contributed by atoms with Crippen LogP contribution in [0.1, 0.15) is 62.3 Å². The molecule has 166 valence electrons. The molecule has 0 rings (SSSR count). The molecule has 0 aromatic carbocycles. The van der Waals surface area contributed by atoms with Gasteiger partial charge in [-0.25, -0.2) is 4.79 Å². The van der Waals surface area contributed by atoms with E-state index in [1.54, 1.807) is 13.8 Å². The molecule has 2 N–H and O–H groups in total. The van der Waals surface area contributed by atoms with Crippen molar-refractivity contribution in [3.63, 3.8) is 0 Å². The molecule has 0 heterocycles. The summed E-state index contributed by atoms with van der Waals surface area (Å²) < 4.78 is 14.7. The Bertz CT molecular complexity index is 483. The van der Waals surface area contributed by atoms with Crippen molar-refractivity contribution in [2.45, 2.75) is 74.5 Å². The normalized spacial score (nSPS) is 13.7. The van der Waals surface area contributed by atoms with Crippen molar-refractivity contribution in [2.24, 2.45) is 16.7 Å². The molecule has 0 saturated carbocycles. The lowest BCUT2D eigenvalue weighted by Crippen LogP contribution is -2.36. The molecule has 0 aliphatic heterocycles. The molecule has 28 heavy (non-hydrogen) atoms. The van der Waals surface area contributed by atoms with Crippen molar-refractivity contribution in [3.8, 4) is 0 Å². The van der Waals surface area contributed by atoms with E-state index in [2.05, 4.69) is 27.7 Å². The molecule has 8 nitrogen and oxygen atoms in total. The van der Waals surface area contributed by atoms with E-state index in [-0.39, 0.29) is 25.9 Å². The second-order valence-corrected chi connectivity index (χ2v) is 9.02. The van der Waals surface area contributed by atoms with Crippen LogP contribution in [0.5, 0.6) is 0 Å². The Morgan fingerprint density at radius 3 is 1.57 bits per heavy atom. The average molecular weight is 407 g/mol. The van der Waals surface area contributed by atoms with Crippen LogP contribution in [0.3, 0.4) is 0 Å². The van der Waals surface area contributed by atoms with E-state index in [0.29, 0.717) is 5.41 Å². The Morgan fingerprint density at radius 2 is 1.21 bits per heavy atom. The summed E-state index contributed by atoms with van der Waals surface area (Å²) in [5.74, 6) is -3.74. The quantitative estimate of drug-likeness (QED) is 0.339. The Balaban J connectivity index is 0. The molecule has 0 fully saturated rings. The molecule has 0 amide bonds. The first-order valence-corrected chi connectivity index (χ1v) is 9.35. The monoisotopic (exact) mass is 406 g/mol. The number of rotatable bonds is 9. The zero-order chi connectivity index (χ0) is 22.7. The highest BCUT2D eigenvalue weighted by Crippen LogP contribution is 2.16. The molecule has 0 aromatic heterocycles. The zero-order valence-electron chi connectivity index (χ0n) is 18.7. The van der Waals surface area contributed by atoms with Crippen LogP contribution in [0.2, 0.25) is 0 Å². The highest BCUT2D eigenvalue weighted by Gasteiger charge is 2.31. The molecule has 0 aliphatic rings. The summed E-state index contributed by atoms with van der Waals surface area (Å²) in [6, 6.07) is 0. The third kappa shape index (κ3) is 14.4. The Morgan fingerprint density at radius 1 is 0.786 bits per heavy atom. The number of aliphatic hydroxyl groups excluding tert-OH is 2. The largest absolute Gasteiger partial charge is 0.464 e. The summed E-state index contributed by atoms with van der Waals surface area (Å²) in [7, 11) is 0. The van der Waals surface area contributed by atoms with E-state index in [1.807, 2.05) is 0 Å². The predicted octanol–water partition coefficient (Wildman–Crippen LogP) is 2.09. The van der Waals surface area contributed by atoms with Gasteiger partial charge >= 0.3 is 17.9 Å². The molecule has 0 spiro atoms. The van der Waals surface area contributed by atoms with E-state index in [4.69, 9.17) is 24.4 Å². The van der Waals surface area contributed by atoms with E-state index in [1.165, 1.54) is 20.8 Å². The van der Waals surface area contributed by atoms with E-state index >= 15 is 0 Å². The average Bonchev–Trinajstić information content (AvgIpc) is 2.56. The van der Waals surface area contributed by atoms with Crippen molar-refractivity contribution >= 4 is 17.9 Å². The Kier molecular flexibility index (Phi) is 13.0. The number of carbonyl (C=O) groups is 3. The fourth-order valence-electron chi connectivity index (χ4n) is 1.26. The van der Waals surface area contributed by atoms with Crippen LogP contribution in [0.25, 0.3) is 0 Å². The SMILES string of the molecule is CC(C)(C)C.CC(C)OC(=O)C(C)OC(=O)C(C)C(=O)OCC(C)(CO)CO. The molecular formula is C20H38O8. The summed E-state index contributed by atoms with van der Waals surface area (Å²) in [4.78, 5) is 35.2. The minimum atomic E-state index is -1.24. The zero-order valence-corrected chi connectivity index (χ0v) is 18.7. The van der Waals surface area contributed by atoms with Gasteiger partial charge < -0.3 is 24.4 Å². The van der Waals surface area contributed by atoms with Gasteiger partial charge in [-0.3, -0.25) is 9.59 Å². The van der Waals surface area contributed by atoms with Crippen LogP contribution >= 0.6 is 0 Å². The maximum Gasteiger partial charge on any atom is 0.347 e. The van der Waals surface area contributed by atoms with Crippen LogP contribution in [0.4, 0.5) is 0 Å². The standard InChI is InChI=1S/C15H26O8.C5H12/c1-9(2)22-14(20)11(4)23-13(19)10(3)12(18)21-8-15(5,6-16)7-17;1-5(2,3)4/h9-11,16-17H,6-8H2,1-5H3;1-4H3.